The van der Waals surface area contributed by atoms with Crippen LogP contribution in [0.3, 0.4) is 0 Å². The van der Waals surface area contributed by atoms with Crippen molar-refractivity contribution in [2.45, 2.75) is 13.8 Å². The lowest BCUT2D eigenvalue weighted by molar-refractivity contribution is 0.415. The number of ether oxygens (including phenoxy) is 1. The van der Waals surface area contributed by atoms with E-state index in [1.807, 2.05) is 44.2 Å². The molecule has 0 unspecified atom stereocenters. The zero-order chi connectivity index (χ0) is 16.8. The van der Waals surface area contributed by atoms with Crippen molar-refractivity contribution in [1.29, 1.82) is 0 Å². The van der Waals surface area contributed by atoms with Crippen LogP contribution in [0.15, 0.2) is 51.5 Å². The molecular weight excluding hydrogens is 320 g/mol. The van der Waals surface area contributed by atoms with Gasteiger partial charge in [-0.1, -0.05) is 12.1 Å². The molecule has 2 heterocycles. The first-order valence-electron chi connectivity index (χ1n) is 7.68. The Morgan fingerprint density at radius 1 is 0.958 bits per heavy atom. The maximum Gasteiger partial charge on any atom is 0.191 e. The second-order valence-corrected chi connectivity index (χ2v) is 6.28. The average Bonchev–Trinajstić information content (AvgIpc) is 2.97. The number of aryl methyl sites for hydroxylation is 2. The SMILES string of the molecule is COc1ccc(-c2cc(=S)oc3c(C)c4occ(C)c4cc23)cc1. The summed E-state index contributed by atoms with van der Waals surface area (Å²) in [4.78, 5) is 0. The molecular formula is C20H16O3S. The number of fused-ring (bicyclic) bond motifs is 2. The Kier molecular flexibility index (Phi) is 3.43. The molecule has 0 radical (unpaired) electrons. The molecule has 0 aliphatic carbocycles. The smallest absolute Gasteiger partial charge is 0.191 e. The molecule has 0 aliphatic heterocycles. The number of rotatable bonds is 2. The van der Waals surface area contributed by atoms with Crippen LogP contribution in [-0.2, 0) is 0 Å². The summed E-state index contributed by atoms with van der Waals surface area (Å²) in [6.07, 6.45) is 1.78. The van der Waals surface area contributed by atoms with Crippen molar-refractivity contribution in [2.24, 2.45) is 0 Å². The van der Waals surface area contributed by atoms with Gasteiger partial charge in [0.1, 0.15) is 16.9 Å². The number of furan rings is 1. The van der Waals surface area contributed by atoms with E-state index in [-0.39, 0.29) is 0 Å². The molecule has 24 heavy (non-hydrogen) atoms. The van der Waals surface area contributed by atoms with Crippen LogP contribution in [0.5, 0.6) is 5.75 Å². The highest BCUT2D eigenvalue weighted by molar-refractivity contribution is 7.71. The zero-order valence-electron chi connectivity index (χ0n) is 13.7. The van der Waals surface area contributed by atoms with Crippen LogP contribution in [0.25, 0.3) is 33.1 Å². The number of hydrogen-bond donors (Lipinski definition) is 0. The predicted molar refractivity (Wildman–Crippen MR) is 98.3 cm³/mol. The van der Waals surface area contributed by atoms with Gasteiger partial charge in [-0.3, -0.25) is 0 Å². The van der Waals surface area contributed by atoms with Gasteiger partial charge in [-0.2, -0.15) is 0 Å². The van der Waals surface area contributed by atoms with Crippen molar-refractivity contribution >= 4 is 34.2 Å². The van der Waals surface area contributed by atoms with E-state index in [0.29, 0.717) is 4.71 Å². The summed E-state index contributed by atoms with van der Waals surface area (Å²) in [7, 11) is 1.66. The van der Waals surface area contributed by atoms with E-state index < -0.39 is 0 Å². The summed E-state index contributed by atoms with van der Waals surface area (Å²) in [5.74, 6) is 0.825. The standard InChI is InChI=1S/C20H16O3S/c1-11-10-22-19-12(2)20-17(8-15(11)19)16(9-18(24)23-20)13-4-6-14(21-3)7-5-13/h4-10H,1-3H3. The number of methoxy groups -OCH3 is 1. The van der Waals surface area contributed by atoms with Crippen molar-refractivity contribution in [2.75, 3.05) is 7.11 Å². The molecule has 2 aromatic heterocycles. The van der Waals surface area contributed by atoms with Gasteiger partial charge in [0.25, 0.3) is 0 Å². The fraction of sp³-hybridized carbons (Fsp3) is 0.150. The fourth-order valence-electron chi connectivity index (χ4n) is 3.10. The van der Waals surface area contributed by atoms with Crippen molar-refractivity contribution in [3.63, 3.8) is 0 Å². The van der Waals surface area contributed by atoms with Gasteiger partial charge in [-0.25, -0.2) is 0 Å². The Morgan fingerprint density at radius 2 is 1.71 bits per heavy atom. The lowest BCUT2D eigenvalue weighted by atomic mass is 9.98. The van der Waals surface area contributed by atoms with E-state index in [0.717, 1.165) is 49.9 Å². The molecule has 0 saturated carbocycles. The van der Waals surface area contributed by atoms with Crippen LogP contribution in [-0.4, -0.2) is 7.11 Å². The highest BCUT2D eigenvalue weighted by Gasteiger charge is 2.15. The lowest BCUT2D eigenvalue weighted by Crippen LogP contribution is -1.87. The van der Waals surface area contributed by atoms with E-state index >= 15 is 0 Å². The molecule has 0 amide bonds. The molecule has 0 saturated heterocycles. The molecule has 0 atom stereocenters. The lowest BCUT2D eigenvalue weighted by Gasteiger charge is -2.10. The molecule has 2 aromatic carbocycles. The summed E-state index contributed by atoms with van der Waals surface area (Å²) >= 11 is 5.34. The summed E-state index contributed by atoms with van der Waals surface area (Å²) < 4.78 is 17.2. The summed E-state index contributed by atoms with van der Waals surface area (Å²) in [5, 5.41) is 2.13. The zero-order valence-corrected chi connectivity index (χ0v) is 14.5. The van der Waals surface area contributed by atoms with E-state index in [4.69, 9.17) is 25.8 Å². The third kappa shape index (κ3) is 2.22. The minimum atomic E-state index is 0.457. The first kappa shape index (κ1) is 15.0. The van der Waals surface area contributed by atoms with E-state index in [1.165, 1.54) is 0 Å². The first-order valence-corrected chi connectivity index (χ1v) is 8.09. The van der Waals surface area contributed by atoms with Gasteiger partial charge in [0.05, 0.1) is 13.4 Å². The normalized spacial score (nSPS) is 11.3. The van der Waals surface area contributed by atoms with E-state index in [9.17, 15) is 0 Å². The quantitative estimate of drug-likeness (QED) is 0.408. The average molecular weight is 336 g/mol. The summed E-state index contributed by atoms with van der Waals surface area (Å²) in [5.41, 5.74) is 5.83. The predicted octanol–water partition coefficient (Wildman–Crippen LogP) is 6.20. The van der Waals surface area contributed by atoms with Gasteiger partial charge in [0.15, 0.2) is 4.71 Å². The second kappa shape index (κ2) is 5.49. The van der Waals surface area contributed by atoms with Gasteiger partial charge in [0, 0.05) is 22.4 Å². The number of benzene rings is 2. The second-order valence-electron chi connectivity index (χ2n) is 5.88. The van der Waals surface area contributed by atoms with Crippen LogP contribution in [0.4, 0.5) is 0 Å². The molecule has 0 bridgehead atoms. The monoisotopic (exact) mass is 336 g/mol. The highest BCUT2D eigenvalue weighted by atomic mass is 32.1. The fourth-order valence-corrected chi connectivity index (χ4v) is 3.31. The van der Waals surface area contributed by atoms with Crippen LogP contribution >= 0.6 is 12.2 Å². The largest absolute Gasteiger partial charge is 0.497 e. The Labute approximate surface area is 144 Å². The van der Waals surface area contributed by atoms with Crippen LogP contribution in [0.2, 0.25) is 0 Å². The Balaban J connectivity index is 2.10. The third-order valence-corrected chi connectivity index (χ3v) is 4.59. The van der Waals surface area contributed by atoms with Gasteiger partial charge >= 0.3 is 0 Å². The minimum absolute atomic E-state index is 0.457. The first-order chi connectivity index (χ1) is 11.6. The molecule has 4 rings (SSSR count). The van der Waals surface area contributed by atoms with Crippen molar-refractivity contribution in [3.05, 3.63) is 58.5 Å². The van der Waals surface area contributed by atoms with Gasteiger partial charge in [-0.15, -0.1) is 0 Å². The Bertz CT molecular complexity index is 1120. The van der Waals surface area contributed by atoms with Gasteiger partial charge in [0.2, 0.25) is 0 Å². The maximum absolute atomic E-state index is 5.85. The Morgan fingerprint density at radius 3 is 2.42 bits per heavy atom. The van der Waals surface area contributed by atoms with Crippen molar-refractivity contribution in [1.82, 2.24) is 0 Å². The van der Waals surface area contributed by atoms with E-state index in [2.05, 4.69) is 6.07 Å². The maximum atomic E-state index is 5.85. The molecule has 0 N–H and O–H groups in total. The summed E-state index contributed by atoms with van der Waals surface area (Å²) in [6.45, 7) is 4.05. The van der Waals surface area contributed by atoms with Gasteiger partial charge < -0.3 is 13.6 Å². The molecule has 3 nitrogen and oxygen atoms in total. The molecule has 0 aliphatic rings. The molecule has 0 fully saturated rings. The minimum Gasteiger partial charge on any atom is -0.497 e. The molecule has 4 aromatic rings. The van der Waals surface area contributed by atoms with Crippen LogP contribution in [0.1, 0.15) is 11.1 Å². The third-order valence-electron chi connectivity index (χ3n) is 4.39. The van der Waals surface area contributed by atoms with Crippen molar-refractivity contribution < 1.29 is 13.6 Å². The van der Waals surface area contributed by atoms with Crippen LogP contribution in [0, 0.1) is 18.6 Å². The molecule has 4 heteroatoms. The van der Waals surface area contributed by atoms with Crippen LogP contribution < -0.4 is 4.74 Å². The topological polar surface area (TPSA) is 35.5 Å². The van der Waals surface area contributed by atoms with Crippen molar-refractivity contribution in [3.8, 4) is 16.9 Å². The van der Waals surface area contributed by atoms with E-state index in [1.54, 1.807) is 13.4 Å². The number of hydrogen-bond acceptors (Lipinski definition) is 4. The Hall–Kier alpha value is -2.59. The highest BCUT2D eigenvalue weighted by Crippen LogP contribution is 2.37. The van der Waals surface area contributed by atoms with Gasteiger partial charge in [-0.05, 0) is 61.0 Å². The molecule has 120 valence electrons. The molecule has 0 spiro atoms. The summed E-state index contributed by atoms with van der Waals surface area (Å²) in [6, 6.07) is 12.0.